The van der Waals surface area contributed by atoms with Gasteiger partial charge >= 0.3 is 0 Å². The predicted molar refractivity (Wildman–Crippen MR) is 172 cm³/mol. The van der Waals surface area contributed by atoms with E-state index in [0.717, 1.165) is 61.7 Å². The highest BCUT2D eigenvalue weighted by Crippen LogP contribution is 2.46. The zero-order chi connectivity index (χ0) is 29.6. The summed E-state index contributed by atoms with van der Waals surface area (Å²) in [5, 5.41) is 11.7. The molecule has 4 aliphatic rings. The van der Waals surface area contributed by atoms with Crippen LogP contribution in [0.2, 0.25) is 5.02 Å². The number of aliphatic hydroxyl groups excluding tert-OH is 1. The summed E-state index contributed by atoms with van der Waals surface area (Å²) in [6.45, 7) is 6.08. The molecule has 42 heavy (non-hydrogen) atoms. The highest BCUT2D eigenvalue weighted by molar-refractivity contribution is 7.99. The monoisotopic (exact) mass is 610 g/mol. The summed E-state index contributed by atoms with van der Waals surface area (Å²) in [7, 11) is -2.92. The molecule has 0 saturated heterocycles. The van der Waals surface area contributed by atoms with E-state index in [9.17, 15) is 14.1 Å². The largest absolute Gasteiger partial charge is 0.490 e. The lowest BCUT2D eigenvalue weighted by Gasteiger charge is -2.45. The maximum absolute atomic E-state index is 13.8. The number of halogens is 1. The van der Waals surface area contributed by atoms with E-state index in [-0.39, 0.29) is 28.4 Å². The highest BCUT2D eigenvalue weighted by Gasteiger charge is 2.44. The third kappa shape index (κ3) is 5.48. The minimum absolute atomic E-state index is 0.0363. The first-order valence-corrected chi connectivity index (χ1v) is 17.6. The number of hydrogen-bond acceptors (Lipinski definition) is 5. The summed E-state index contributed by atoms with van der Waals surface area (Å²) in [6, 6.07) is 11.8. The van der Waals surface area contributed by atoms with Crippen LogP contribution in [0.1, 0.15) is 73.9 Å². The fourth-order valence-electron chi connectivity index (χ4n) is 7.88. The summed E-state index contributed by atoms with van der Waals surface area (Å²) in [5.74, 6) is 4.92. The minimum atomic E-state index is -2.92. The number of allylic oxidation sites excluding steroid dienone is 1. The molecule has 2 N–H and O–H groups in total. The maximum atomic E-state index is 13.8. The van der Waals surface area contributed by atoms with Crippen molar-refractivity contribution in [1.29, 1.82) is 0 Å². The van der Waals surface area contributed by atoms with Crippen LogP contribution < -0.4 is 14.4 Å². The fourth-order valence-corrected chi connectivity index (χ4v) is 10.1. The van der Waals surface area contributed by atoms with E-state index in [2.05, 4.69) is 27.6 Å². The van der Waals surface area contributed by atoms with E-state index in [1.54, 1.807) is 6.07 Å². The number of nitrogens with one attached hydrogen (secondary N) is 1. The van der Waals surface area contributed by atoms with Gasteiger partial charge in [-0.15, -0.1) is 0 Å². The Morgan fingerprint density at radius 1 is 1.24 bits per heavy atom. The van der Waals surface area contributed by atoms with Gasteiger partial charge in [-0.2, -0.15) is 0 Å². The molecule has 2 aliphatic heterocycles. The number of benzene rings is 2. The molecule has 1 spiro atoms. The van der Waals surface area contributed by atoms with Crippen molar-refractivity contribution in [2.45, 2.75) is 75.6 Å². The van der Waals surface area contributed by atoms with Crippen LogP contribution in [0.5, 0.6) is 5.75 Å². The van der Waals surface area contributed by atoms with Crippen molar-refractivity contribution in [2.75, 3.05) is 24.6 Å². The average Bonchev–Trinajstić information content (AvgIpc) is 3.07. The number of ether oxygens (including phenoxy) is 1. The van der Waals surface area contributed by atoms with Gasteiger partial charge in [0.15, 0.2) is 0 Å². The van der Waals surface area contributed by atoms with E-state index < -0.39 is 15.8 Å². The normalized spacial score (nSPS) is 35.6. The maximum Gasteiger partial charge on any atom is 0.262 e. The van der Waals surface area contributed by atoms with Crippen LogP contribution in [0, 0.1) is 17.8 Å². The third-order valence-electron chi connectivity index (χ3n) is 10.3. The number of carbonyl (C=O) groups excluding carboxylic acids is 1. The van der Waals surface area contributed by atoms with Crippen LogP contribution in [0.15, 0.2) is 48.6 Å². The molecule has 1 saturated carbocycles. The van der Waals surface area contributed by atoms with E-state index in [1.165, 1.54) is 11.1 Å². The van der Waals surface area contributed by atoms with Gasteiger partial charge in [-0.3, -0.25) is 9.52 Å². The molecule has 226 valence electrons. The Morgan fingerprint density at radius 2 is 2.07 bits per heavy atom. The Morgan fingerprint density at radius 3 is 2.83 bits per heavy atom. The van der Waals surface area contributed by atoms with Crippen LogP contribution in [-0.2, 0) is 21.5 Å². The standard InChI is InChI=1S/C34H43ClN2O4S/c1-4-32-22(2)7-5-9-30(38)27-13-10-25(27)19-37-20-34(16-6-8-23-17-26(35)12-14-28(23)34)21-41-31-15-11-24(18-29(31)37)33(39)36-42(32,3)40/h5,9,11-12,14-15,17-18,22,25,27,30,32,38H,3-4,6-8,10,13,16,19-21H2,1-2H3,(H,36,39,40)/b9-5+/t22-,25-,27+,30-,32+,34-,42?/m0/s1. The Hall–Kier alpha value is -2.48. The zero-order valence-corrected chi connectivity index (χ0v) is 26.3. The lowest BCUT2D eigenvalue weighted by atomic mass is 9.68. The van der Waals surface area contributed by atoms with Gasteiger partial charge in [0.25, 0.3) is 5.91 Å². The van der Waals surface area contributed by atoms with Crippen LogP contribution in [0.4, 0.5) is 5.69 Å². The second kappa shape index (κ2) is 11.5. The molecule has 2 aromatic carbocycles. The first kappa shape index (κ1) is 29.6. The second-order valence-electron chi connectivity index (χ2n) is 13.0. The second-order valence-corrected chi connectivity index (χ2v) is 15.7. The Kier molecular flexibility index (Phi) is 8.14. The summed E-state index contributed by atoms with van der Waals surface area (Å²) in [6.07, 6.45) is 9.83. The summed E-state index contributed by atoms with van der Waals surface area (Å²) < 4.78 is 23.2. The Bertz CT molecular complexity index is 1490. The van der Waals surface area contributed by atoms with Crippen molar-refractivity contribution in [3.8, 4) is 5.75 Å². The number of aryl methyl sites for hydroxylation is 1. The first-order valence-electron chi connectivity index (χ1n) is 15.4. The Balaban J connectivity index is 1.42. The van der Waals surface area contributed by atoms with Crippen molar-refractivity contribution >= 4 is 38.8 Å². The average molecular weight is 611 g/mol. The van der Waals surface area contributed by atoms with Crippen LogP contribution in [0.25, 0.3) is 0 Å². The zero-order valence-electron chi connectivity index (χ0n) is 24.7. The highest BCUT2D eigenvalue weighted by atomic mass is 35.5. The van der Waals surface area contributed by atoms with Gasteiger partial charge in [-0.25, -0.2) is 4.21 Å². The summed E-state index contributed by atoms with van der Waals surface area (Å²) in [5.41, 5.74) is 3.68. The van der Waals surface area contributed by atoms with Gasteiger partial charge < -0.3 is 14.7 Å². The fraction of sp³-hybridized carbons (Fsp3) is 0.529. The molecule has 1 unspecified atom stereocenters. The number of rotatable bonds is 1. The van der Waals surface area contributed by atoms with Crippen molar-refractivity contribution in [1.82, 2.24) is 4.72 Å². The van der Waals surface area contributed by atoms with Gasteiger partial charge in [0.1, 0.15) is 5.75 Å². The number of carbonyl (C=O) groups is 1. The van der Waals surface area contributed by atoms with Crippen LogP contribution in [-0.4, -0.2) is 52.1 Å². The SMILES string of the molecule is C=S1(=O)NC(=O)c2ccc3c(c2)N(C[C@@H]2CC[C@H]2[C@@H](O)/C=C/C[C@H](C)[C@H]1CC)C[C@@]1(CCCc2cc(Cl)ccc21)CO3. The molecule has 1 fully saturated rings. The van der Waals surface area contributed by atoms with Gasteiger partial charge in [0, 0.05) is 34.3 Å². The predicted octanol–water partition coefficient (Wildman–Crippen LogP) is 5.94. The molecule has 6 nitrogen and oxygen atoms in total. The molecule has 7 atom stereocenters. The van der Waals surface area contributed by atoms with Crippen molar-refractivity contribution in [3.63, 3.8) is 0 Å². The number of nitrogens with zero attached hydrogens (tertiary/aromatic N) is 1. The van der Waals surface area contributed by atoms with E-state index in [0.29, 0.717) is 30.9 Å². The molecule has 0 aromatic heterocycles. The van der Waals surface area contributed by atoms with E-state index in [1.807, 2.05) is 44.2 Å². The van der Waals surface area contributed by atoms with Crippen molar-refractivity contribution in [2.24, 2.45) is 17.8 Å². The molecule has 2 aromatic rings. The van der Waals surface area contributed by atoms with Crippen molar-refractivity contribution < 1.29 is 18.8 Å². The minimum Gasteiger partial charge on any atom is -0.490 e. The number of hydrogen-bond donors (Lipinski definition) is 2. The van der Waals surface area contributed by atoms with Gasteiger partial charge in [0.2, 0.25) is 0 Å². The molecule has 0 radical (unpaired) electrons. The molecule has 6 rings (SSSR count). The third-order valence-corrected chi connectivity index (χ3v) is 12.8. The van der Waals surface area contributed by atoms with Gasteiger partial charge in [0.05, 0.1) is 28.1 Å². The molecular formula is C34H43ClN2O4S. The Labute approximate surface area is 255 Å². The lowest BCUT2D eigenvalue weighted by molar-refractivity contribution is 0.0456. The number of fused-ring (bicyclic) bond motifs is 4. The van der Waals surface area contributed by atoms with Gasteiger partial charge in [-0.1, -0.05) is 43.7 Å². The first-order chi connectivity index (χ1) is 20.1. The topological polar surface area (TPSA) is 78.9 Å². The van der Waals surface area contributed by atoms with E-state index >= 15 is 0 Å². The van der Waals surface area contributed by atoms with Crippen molar-refractivity contribution in [3.05, 3.63) is 70.3 Å². The molecule has 1 amide bonds. The summed E-state index contributed by atoms with van der Waals surface area (Å²) >= 11 is 6.40. The van der Waals surface area contributed by atoms with Crippen LogP contribution >= 0.6 is 11.6 Å². The van der Waals surface area contributed by atoms with Crippen LogP contribution in [0.3, 0.4) is 0 Å². The number of amides is 1. The number of anilines is 1. The van der Waals surface area contributed by atoms with E-state index in [4.69, 9.17) is 16.3 Å². The molecule has 2 bridgehead atoms. The lowest BCUT2D eigenvalue weighted by Crippen LogP contribution is -2.49. The molecule has 8 heteroatoms. The molecular weight excluding hydrogens is 568 g/mol. The van der Waals surface area contributed by atoms with Gasteiger partial charge in [-0.05, 0) is 110 Å². The summed E-state index contributed by atoms with van der Waals surface area (Å²) in [4.78, 5) is 16.0. The molecule has 2 heterocycles. The number of aliphatic hydroxyl groups is 1. The smallest absolute Gasteiger partial charge is 0.262 e. The molecule has 2 aliphatic carbocycles. The quantitative estimate of drug-likeness (QED) is 0.309.